The molecule has 0 bridgehead atoms. The minimum Gasteiger partial charge on any atom is -0.318 e. The summed E-state index contributed by atoms with van der Waals surface area (Å²) in [5, 5.41) is 2.54. The summed E-state index contributed by atoms with van der Waals surface area (Å²) in [7, 11) is 0. The highest BCUT2D eigenvalue weighted by Gasteiger charge is 2.22. The van der Waals surface area contributed by atoms with Crippen molar-refractivity contribution in [3.05, 3.63) is 20.8 Å². The van der Waals surface area contributed by atoms with Gasteiger partial charge in [-0.3, -0.25) is 24.9 Å². The van der Waals surface area contributed by atoms with Crippen LogP contribution in [0.1, 0.15) is 20.8 Å². The fraction of sp³-hybridized carbons (Fsp3) is 0.400. The van der Waals surface area contributed by atoms with Gasteiger partial charge in [-0.05, 0) is 0 Å². The summed E-state index contributed by atoms with van der Waals surface area (Å²) in [4.78, 5) is 45.2. The molecule has 4 N–H and O–H groups in total. The average molecular weight is 251 g/mol. The topological polar surface area (TPSA) is 123 Å². The molecule has 0 spiro atoms. The molecule has 0 atom stereocenters. The van der Waals surface area contributed by atoms with Crippen molar-refractivity contribution in [3.63, 3.8) is 0 Å². The number of amides is 1. The zero-order chi connectivity index (χ0) is 13.5. The Morgan fingerprint density at radius 1 is 1.17 bits per heavy atom. The molecule has 8 nitrogen and oxygen atoms in total. The minimum absolute atomic E-state index is 0.105. The second kappa shape index (κ2) is 3.83. The molecular weight excluding hydrogens is 238 g/mol. The van der Waals surface area contributed by atoms with E-state index in [1.165, 1.54) is 0 Å². The van der Waals surface area contributed by atoms with E-state index in [4.69, 9.17) is 0 Å². The first-order chi connectivity index (χ1) is 8.27. The fourth-order valence-corrected chi connectivity index (χ4v) is 1.29. The van der Waals surface area contributed by atoms with Crippen molar-refractivity contribution in [2.45, 2.75) is 20.8 Å². The summed E-state index contributed by atoms with van der Waals surface area (Å²) in [5.41, 5.74) is -1.60. The summed E-state index contributed by atoms with van der Waals surface area (Å²) in [5.74, 6) is -0.127. The highest BCUT2D eigenvalue weighted by Crippen LogP contribution is 2.16. The molecule has 2 rings (SSSR count). The van der Waals surface area contributed by atoms with Gasteiger partial charge in [0.15, 0.2) is 11.2 Å². The normalized spacial score (nSPS) is 11.7. The summed E-state index contributed by atoms with van der Waals surface area (Å²) in [6.07, 6.45) is 0. The van der Waals surface area contributed by atoms with Crippen LogP contribution in [0.3, 0.4) is 0 Å². The lowest BCUT2D eigenvalue weighted by atomic mass is 9.96. The lowest BCUT2D eigenvalue weighted by Crippen LogP contribution is -2.28. The second-order valence-electron chi connectivity index (χ2n) is 4.92. The zero-order valence-electron chi connectivity index (χ0n) is 10.2. The number of hydrogen-bond acceptors (Lipinski definition) is 4. The van der Waals surface area contributed by atoms with Gasteiger partial charge in [-0.15, -0.1) is 0 Å². The molecule has 2 heterocycles. The lowest BCUT2D eigenvalue weighted by molar-refractivity contribution is -0.123. The van der Waals surface area contributed by atoms with E-state index in [1.54, 1.807) is 20.8 Å². The first-order valence-corrected chi connectivity index (χ1v) is 5.31. The van der Waals surface area contributed by atoms with Crippen LogP contribution >= 0.6 is 0 Å². The number of imidazole rings is 1. The summed E-state index contributed by atoms with van der Waals surface area (Å²) in [6.45, 7) is 5.25. The summed E-state index contributed by atoms with van der Waals surface area (Å²) in [6, 6.07) is 0. The van der Waals surface area contributed by atoms with E-state index in [2.05, 4.69) is 25.3 Å². The Morgan fingerprint density at radius 3 is 2.44 bits per heavy atom. The maximum Gasteiger partial charge on any atom is 0.327 e. The number of H-pyrrole nitrogens is 3. The maximum absolute atomic E-state index is 11.7. The van der Waals surface area contributed by atoms with Crippen molar-refractivity contribution in [1.29, 1.82) is 0 Å². The number of hydrogen-bond donors (Lipinski definition) is 4. The van der Waals surface area contributed by atoms with Crippen molar-refractivity contribution < 1.29 is 4.79 Å². The number of rotatable bonds is 1. The molecule has 0 aliphatic heterocycles. The van der Waals surface area contributed by atoms with Gasteiger partial charge in [-0.1, -0.05) is 20.8 Å². The van der Waals surface area contributed by atoms with Crippen LogP contribution in [0.25, 0.3) is 11.2 Å². The number of carbonyl (C=O) groups excluding carboxylic acids is 1. The van der Waals surface area contributed by atoms with E-state index in [1.807, 2.05) is 0 Å². The van der Waals surface area contributed by atoms with Gasteiger partial charge in [0.25, 0.3) is 5.56 Å². The largest absolute Gasteiger partial charge is 0.327 e. The Balaban J connectivity index is 2.43. The molecule has 18 heavy (non-hydrogen) atoms. The van der Waals surface area contributed by atoms with Gasteiger partial charge in [-0.2, -0.15) is 4.98 Å². The van der Waals surface area contributed by atoms with Crippen LogP contribution in [-0.2, 0) is 4.79 Å². The molecule has 0 fully saturated rings. The first-order valence-electron chi connectivity index (χ1n) is 5.31. The molecular formula is C10H13N5O3. The Labute approximate surface area is 101 Å². The van der Waals surface area contributed by atoms with Crippen LogP contribution in [0.2, 0.25) is 0 Å². The molecule has 0 saturated heterocycles. The Morgan fingerprint density at radius 2 is 1.83 bits per heavy atom. The van der Waals surface area contributed by atoms with E-state index in [0.29, 0.717) is 0 Å². The molecule has 0 radical (unpaired) electrons. The third-order valence-electron chi connectivity index (χ3n) is 2.30. The van der Waals surface area contributed by atoms with Crippen LogP contribution < -0.4 is 16.6 Å². The number of nitrogens with zero attached hydrogens (tertiary/aromatic N) is 1. The second-order valence-corrected chi connectivity index (χ2v) is 4.92. The van der Waals surface area contributed by atoms with Gasteiger partial charge in [0.1, 0.15) is 0 Å². The third kappa shape index (κ3) is 2.17. The van der Waals surface area contributed by atoms with Gasteiger partial charge < -0.3 is 4.98 Å². The Bertz CT molecular complexity index is 715. The van der Waals surface area contributed by atoms with Crippen molar-refractivity contribution in [2.24, 2.45) is 5.41 Å². The van der Waals surface area contributed by atoms with Gasteiger partial charge in [-0.25, -0.2) is 4.79 Å². The van der Waals surface area contributed by atoms with Crippen LogP contribution in [0.4, 0.5) is 5.95 Å². The quantitative estimate of drug-likeness (QED) is 0.566. The Kier molecular flexibility index (Phi) is 2.57. The van der Waals surface area contributed by atoms with E-state index in [0.717, 1.165) is 0 Å². The number of anilines is 1. The van der Waals surface area contributed by atoms with Gasteiger partial charge in [0.2, 0.25) is 11.9 Å². The number of fused-ring (bicyclic) bond motifs is 1. The molecule has 0 aliphatic rings. The van der Waals surface area contributed by atoms with Crippen LogP contribution in [-0.4, -0.2) is 25.8 Å². The Hall–Kier alpha value is -2.38. The number of carbonyl (C=O) groups is 1. The summed E-state index contributed by atoms with van der Waals surface area (Å²) >= 11 is 0. The molecule has 1 amide bonds. The lowest BCUT2D eigenvalue weighted by Gasteiger charge is -2.15. The van der Waals surface area contributed by atoms with E-state index < -0.39 is 16.7 Å². The molecule has 0 unspecified atom stereocenters. The highest BCUT2D eigenvalue weighted by atomic mass is 16.2. The standard InChI is InChI=1S/C10H13N5O3/c1-10(2,3)7(17)15-8-11-4-5(12-8)13-9(18)14-6(4)16/h1-3H3,(H4,11,12,13,14,15,16,17,18). The maximum atomic E-state index is 11.7. The SMILES string of the molecule is CC(C)(C)C(=O)Nc1nc2[nH]c(=O)[nH]c(=O)c2[nH]1. The highest BCUT2D eigenvalue weighted by molar-refractivity contribution is 5.94. The first kappa shape index (κ1) is 12.1. The number of aromatic nitrogens is 4. The van der Waals surface area contributed by atoms with Crippen LogP contribution in [0, 0.1) is 5.41 Å². The fourth-order valence-electron chi connectivity index (χ4n) is 1.29. The van der Waals surface area contributed by atoms with E-state index >= 15 is 0 Å². The molecule has 0 aromatic carbocycles. The van der Waals surface area contributed by atoms with Crippen molar-refractivity contribution in [1.82, 2.24) is 19.9 Å². The average Bonchev–Trinajstić information content (AvgIpc) is 2.58. The zero-order valence-corrected chi connectivity index (χ0v) is 10.2. The van der Waals surface area contributed by atoms with E-state index in [9.17, 15) is 14.4 Å². The number of nitrogens with one attached hydrogen (secondary N) is 4. The smallest absolute Gasteiger partial charge is 0.318 e. The molecule has 96 valence electrons. The van der Waals surface area contributed by atoms with Crippen LogP contribution in [0.15, 0.2) is 9.59 Å². The molecule has 2 aromatic rings. The van der Waals surface area contributed by atoms with Crippen LogP contribution in [0.5, 0.6) is 0 Å². The molecule has 8 heteroatoms. The van der Waals surface area contributed by atoms with Crippen molar-refractivity contribution in [2.75, 3.05) is 5.32 Å². The van der Waals surface area contributed by atoms with Gasteiger partial charge in [0.05, 0.1) is 0 Å². The number of aromatic amines is 3. The molecule has 0 aliphatic carbocycles. The third-order valence-corrected chi connectivity index (χ3v) is 2.30. The van der Waals surface area contributed by atoms with Crippen molar-refractivity contribution in [3.8, 4) is 0 Å². The van der Waals surface area contributed by atoms with E-state index in [-0.39, 0.29) is 23.0 Å². The molecule has 0 saturated carbocycles. The summed E-state index contributed by atoms with van der Waals surface area (Å²) < 4.78 is 0. The predicted molar refractivity (Wildman–Crippen MR) is 65.4 cm³/mol. The van der Waals surface area contributed by atoms with Crippen molar-refractivity contribution >= 4 is 23.0 Å². The van der Waals surface area contributed by atoms with Gasteiger partial charge in [0, 0.05) is 5.41 Å². The molecule has 2 aromatic heterocycles. The predicted octanol–water partition coefficient (Wildman–Crippen LogP) is -0.0759. The minimum atomic E-state index is -0.646. The monoisotopic (exact) mass is 251 g/mol. The van der Waals surface area contributed by atoms with Gasteiger partial charge >= 0.3 is 5.69 Å².